The van der Waals surface area contributed by atoms with Gasteiger partial charge in [0, 0.05) is 36.8 Å². The molecule has 3 heterocycles. The molecule has 2 aliphatic rings. The van der Waals surface area contributed by atoms with Crippen molar-refractivity contribution in [2.45, 2.75) is 18.1 Å². The third-order valence-electron chi connectivity index (χ3n) is 5.64. The van der Waals surface area contributed by atoms with E-state index in [9.17, 15) is 13.2 Å². The molecule has 27 heavy (non-hydrogen) atoms. The maximum atomic E-state index is 12.7. The Hall–Kier alpha value is -2.41. The number of aryl methyl sites for hydroxylation is 1. The van der Waals surface area contributed by atoms with E-state index in [2.05, 4.69) is 4.98 Å². The van der Waals surface area contributed by atoms with E-state index >= 15 is 0 Å². The van der Waals surface area contributed by atoms with Crippen molar-refractivity contribution in [2.24, 2.45) is 5.92 Å². The summed E-state index contributed by atoms with van der Waals surface area (Å²) in [4.78, 5) is 18.5. The number of nitrogens with zero attached hydrogens (tertiary/aromatic N) is 2. The third-order valence-corrected chi connectivity index (χ3v) is 8.24. The summed E-state index contributed by atoms with van der Waals surface area (Å²) in [5.74, 6) is 0.390. The second-order valence-corrected chi connectivity index (χ2v) is 9.83. The van der Waals surface area contributed by atoms with Gasteiger partial charge in [-0.2, -0.15) is 0 Å². The molecule has 2 fully saturated rings. The molecule has 4 rings (SSSR count). The molecule has 2 aliphatic heterocycles. The molecule has 0 radical (unpaired) electrons. The van der Waals surface area contributed by atoms with E-state index in [-0.39, 0.29) is 30.7 Å². The molecule has 1 aromatic heterocycles. The zero-order valence-corrected chi connectivity index (χ0v) is 16.0. The molecule has 0 bridgehead atoms. The minimum atomic E-state index is -3.25. The first kappa shape index (κ1) is 18.0. The van der Waals surface area contributed by atoms with Crippen LogP contribution >= 0.6 is 0 Å². The molecule has 0 saturated carbocycles. The molecule has 1 atom stereocenters. The van der Waals surface area contributed by atoms with Crippen molar-refractivity contribution in [2.75, 3.05) is 25.4 Å². The molecule has 1 aromatic carbocycles. The van der Waals surface area contributed by atoms with Crippen molar-refractivity contribution in [1.29, 1.82) is 0 Å². The van der Waals surface area contributed by atoms with Gasteiger partial charge in [0.15, 0.2) is 9.84 Å². The number of aromatic nitrogens is 1. The Morgan fingerprint density at radius 1 is 1.26 bits per heavy atom. The summed E-state index contributed by atoms with van der Waals surface area (Å²) in [7, 11) is -3.25. The van der Waals surface area contributed by atoms with Crippen LogP contribution in [0.1, 0.15) is 22.3 Å². The van der Waals surface area contributed by atoms with Gasteiger partial charge < -0.3 is 9.64 Å². The van der Waals surface area contributed by atoms with Crippen molar-refractivity contribution in [1.82, 2.24) is 9.88 Å². The van der Waals surface area contributed by atoms with E-state index in [4.69, 9.17) is 4.74 Å². The van der Waals surface area contributed by atoms with Crippen molar-refractivity contribution in [3.63, 3.8) is 0 Å². The number of ether oxygens (including phenoxy) is 1. The summed E-state index contributed by atoms with van der Waals surface area (Å²) in [6, 6.07) is 12.8. The summed E-state index contributed by atoms with van der Waals surface area (Å²) in [5, 5.41) is 0. The van der Waals surface area contributed by atoms with Crippen molar-refractivity contribution in [3.05, 3.63) is 59.8 Å². The molecule has 142 valence electrons. The minimum absolute atomic E-state index is 0.115. The van der Waals surface area contributed by atoms with Gasteiger partial charge in [-0.15, -0.1) is 0 Å². The fraction of sp³-hybridized carbons (Fsp3) is 0.400. The smallest absolute Gasteiger partial charge is 0.253 e. The Labute approximate surface area is 159 Å². The topological polar surface area (TPSA) is 76.6 Å². The molecule has 2 saturated heterocycles. The number of carbonyl (C=O) groups excluding carboxylic acids is 1. The van der Waals surface area contributed by atoms with Crippen LogP contribution in [-0.2, 0) is 9.84 Å². The fourth-order valence-electron chi connectivity index (χ4n) is 4.03. The predicted octanol–water partition coefficient (Wildman–Crippen LogP) is 2.10. The van der Waals surface area contributed by atoms with Crippen LogP contribution in [0.5, 0.6) is 5.88 Å². The van der Waals surface area contributed by atoms with Crippen molar-refractivity contribution in [3.8, 4) is 5.88 Å². The van der Waals surface area contributed by atoms with Gasteiger partial charge in [0.2, 0.25) is 5.88 Å². The van der Waals surface area contributed by atoms with Gasteiger partial charge >= 0.3 is 0 Å². The molecule has 1 amide bonds. The second kappa shape index (κ2) is 6.64. The molecule has 1 unspecified atom stereocenters. The number of sulfone groups is 1. The van der Waals surface area contributed by atoms with Gasteiger partial charge in [0.05, 0.1) is 12.4 Å². The number of rotatable bonds is 4. The van der Waals surface area contributed by atoms with Crippen LogP contribution in [0.2, 0.25) is 0 Å². The first-order valence-corrected chi connectivity index (χ1v) is 10.7. The van der Waals surface area contributed by atoms with E-state index in [1.54, 1.807) is 29.3 Å². The summed E-state index contributed by atoms with van der Waals surface area (Å²) in [6.45, 7) is 2.69. The normalized spacial score (nSPS) is 22.4. The van der Waals surface area contributed by atoms with Gasteiger partial charge in [0.25, 0.3) is 5.91 Å². The molecule has 0 aliphatic carbocycles. The van der Waals surface area contributed by atoms with E-state index in [0.717, 1.165) is 5.56 Å². The van der Waals surface area contributed by atoms with E-state index in [1.165, 1.54) is 0 Å². The van der Waals surface area contributed by atoms with Crippen molar-refractivity contribution >= 4 is 15.7 Å². The number of pyridine rings is 1. The Morgan fingerprint density at radius 3 is 2.78 bits per heavy atom. The Kier molecular flexibility index (Phi) is 4.42. The lowest BCUT2D eigenvalue weighted by Crippen LogP contribution is -2.68. The largest absolute Gasteiger partial charge is 0.477 e. The molecule has 1 spiro atoms. The summed E-state index contributed by atoms with van der Waals surface area (Å²) >= 11 is 0. The predicted molar refractivity (Wildman–Crippen MR) is 101 cm³/mol. The number of likely N-dealkylation sites (tertiary alicyclic amines) is 1. The quantitative estimate of drug-likeness (QED) is 0.804. The van der Waals surface area contributed by atoms with Crippen LogP contribution in [0.15, 0.2) is 48.7 Å². The van der Waals surface area contributed by atoms with Crippen LogP contribution in [0.4, 0.5) is 0 Å². The highest BCUT2D eigenvalue weighted by molar-refractivity contribution is 7.93. The molecular formula is C20H22N2O4S. The van der Waals surface area contributed by atoms with Gasteiger partial charge in [-0.25, -0.2) is 13.4 Å². The van der Waals surface area contributed by atoms with Crippen LogP contribution in [0, 0.1) is 12.8 Å². The number of benzene rings is 1. The average Bonchev–Trinajstić information content (AvgIpc) is 2.89. The van der Waals surface area contributed by atoms with Gasteiger partial charge in [-0.05, 0) is 31.5 Å². The maximum Gasteiger partial charge on any atom is 0.253 e. The Balaban J connectivity index is 1.48. The van der Waals surface area contributed by atoms with Crippen molar-refractivity contribution < 1.29 is 17.9 Å². The van der Waals surface area contributed by atoms with Crippen LogP contribution in [0.25, 0.3) is 0 Å². The SMILES string of the molecule is Cc1cccc(C(=O)N2CC3(C2)C(COc2ccccn2)CCS3(=O)=O)c1. The minimum Gasteiger partial charge on any atom is -0.477 e. The number of hydrogen-bond donors (Lipinski definition) is 0. The average molecular weight is 386 g/mol. The Morgan fingerprint density at radius 2 is 2.07 bits per heavy atom. The monoisotopic (exact) mass is 386 g/mol. The fourth-order valence-corrected chi connectivity index (χ4v) is 6.43. The zero-order chi connectivity index (χ0) is 19.1. The number of hydrogen-bond acceptors (Lipinski definition) is 5. The van der Waals surface area contributed by atoms with E-state index in [1.807, 2.05) is 31.2 Å². The lowest BCUT2D eigenvalue weighted by Gasteiger charge is -2.49. The van der Waals surface area contributed by atoms with E-state index in [0.29, 0.717) is 24.5 Å². The molecule has 2 aromatic rings. The highest BCUT2D eigenvalue weighted by Crippen LogP contribution is 2.45. The van der Waals surface area contributed by atoms with Gasteiger partial charge in [0.1, 0.15) is 4.75 Å². The summed E-state index contributed by atoms with van der Waals surface area (Å²) < 4.78 is 30.3. The lowest BCUT2D eigenvalue weighted by atomic mass is 9.83. The third kappa shape index (κ3) is 3.10. The highest BCUT2D eigenvalue weighted by atomic mass is 32.2. The molecule has 0 N–H and O–H groups in total. The van der Waals surface area contributed by atoms with Crippen LogP contribution in [-0.4, -0.2) is 54.4 Å². The standard InChI is InChI=1S/C20H22N2O4S/c1-15-5-4-6-16(11-15)19(23)22-13-20(14-22)17(8-10-27(20,24)25)12-26-18-7-2-3-9-21-18/h2-7,9,11,17H,8,10,12-14H2,1H3. The van der Waals surface area contributed by atoms with E-state index < -0.39 is 14.6 Å². The molecular weight excluding hydrogens is 364 g/mol. The van der Waals surface area contributed by atoms with Crippen LogP contribution < -0.4 is 4.74 Å². The highest BCUT2D eigenvalue weighted by Gasteiger charge is 2.62. The zero-order valence-electron chi connectivity index (χ0n) is 15.2. The molecule has 7 heteroatoms. The van der Waals surface area contributed by atoms with Gasteiger partial charge in [-0.3, -0.25) is 4.79 Å². The van der Waals surface area contributed by atoms with Gasteiger partial charge in [-0.1, -0.05) is 23.8 Å². The maximum absolute atomic E-state index is 12.7. The summed E-state index contributed by atoms with van der Waals surface area (Å²) in [6.07, 6.45) is 2.20. The lowest BCUT2D eigenvalue weighted by molar-refractivity contribution is 0.0407. The first-order valence-electron chi connectivity index (χ1n) is 9.03. The number of carbonyl (C=O) groups is 1. The second-order valence-electron chi connectivity index (χ2n) is 7.38. The Bertz CT molecular complexity index is 953. The van der Waals surface area contributed by atoms with Crippen LogP contribution in [0.3, 0.4) is 0 Å². The summed E-state index contributed by atoms with van der Waals surface area (Å²) in [5.41, 5.74) is 1.60. The molecule has 6 nitrogen and oxygen atoms in total. The number of amides is 1. The first-order chi connectivity index (χ1) is 12.9.